The SMILES string of the molecule is Nc1nnc(-c2ccccc2O)cc1N1CC2CC[C@H](C1)N2c1nccc(C2CCNCC2)n1. The molecular formula is C25H30N8O. The number of nitrogen functional groups attached to an aromatic ring is 1. The molecule has 9 heteroatoms. The Hall–Kier alpha value is -3.46. The molecule has 5 heterocycles. The normalized spacial score (nSPS) is 22.8. The molecule has 2 aromatic heterocycles. The number of nitrogens with zero attached hydrogens (tertiary/aromatic N) is 6. The summed E-state index contributed by atoms with van der Waals surface area (Å²) in [4.78, 5) is 14.5. The number of hydrogen-bond acceptors (Lipinski definition) is 9. The van der Waals surface area contributed by atoms with E-state index in [0.717, 1.165) is 63.5 Å². The predicted octanol–water partition coefficient (Wildman–Crippen LogP) is 2.55. The molecule has 0 aliphatic carbocycles. The van der Waals surface area contributed by atoms with E-state index in [2.05, 4.69) is 36.4 Å². The van der Waals surface area contributed by atoms with E-state index in [4.69, 9.17) is 10.7 Å². The third kappa shape index (κ3) is 3.79. The highest BCUT2D eigenvalue weighted by atomic mass is 16.3. The lowest BCUT2D eigenvalue weighted by atomic mass is 9.94. The van der Waals surface area contributed by atoms with E-state index >= 15 is 0 Å². The Kier molecular flexibility index (Phi) is 5.41. The average molecular weight is 459 g/mol. The van der Waals surface area contributed by atoms with Crippen LogP contribution in [-0.4, -0.2) is 63.5 Å². The van der Waals surface area contributed by atoms with Crippen LogP contribution >= 0.6 is 0 Å². The van der Waals surface area contributed by atoms with Crippen molar-refractivity contribution in [1.29, 1.82) is 0 Å². The van der Waals surface area contributed by atoms with E-state index in [0.29, 0.717) is 35.1 Å². The zero-order valence-corrected chi connectivity index (χ0v) is 19.1. The van der Waals surface area contributed by atoms with Gasteiger partial charge in [0, 0.05) is 48.5 Å². The first kappa shape index (κ1) is 21.1. The van der Waals surface area contributed by atoms with Gasteiger partial charge in [-0.1, -0.05) is 12.1 Å². The van der Waals surface area contributed by atoms with Crippen molar-refractivity contribution in [2.24, 2.45) is 0 Å². The molecule has 6 rings (SSSR count). The van der Waals surface area contributed by atoms with E-state index < -0.39 is 0 Å². The summed E-state index contributed by atoms with van der Waals surface area (Å²) in [6.07, 6.45) is 6.39. The van der Waals surface area contributed by atoms with Crippen molar-refractivity contribution in [1.82, 2.24) is 25.5 Å². The Bertz CT molecular complexity index is 1170. The molecule has 2 bridgehead atoms. The summed E-state index contributed by atoms with van der Waals surface area (Å²) in [5, 5.41) is 22.2. The molecule has 1 aromatic carbocycles. The minimum absolute atomic E-state index is 0.184. The van der Waals surface area contributed by atoms with Crippen LogP contribution in [0.4, 0.5) is 17.5 Å². The standard InChI is InChI=1S/C25H30N8O/c26-24-22(13-21(30-31-24)19-3-1-2-4-23(19)34)32-14-17-5-6-18(15-32)33(17)25-28-12-9-20(29-25)16-7-10-27-11-8-16/h1-4,9,12-13,16-18,27,34H,5-8,10-11,14-15H2,(H2,26,31)/t17-,18?/m1/s1. The molecule has 3 aliphatic rings. The molecule has 0 radical (unpaired) electrons. The monoisotopic (exact) mass is 458 g/mol. The molecule has 9 nitrogen and oxygen atoms in total. The maximum Gasteiger partial charge on any atom is 0.226 e. The second-order valence-electron chi connectivity index (χ2n) is 9.52. The van der Waals surface area contributed by atoms with Gasteiger partial charge in [-0.05, 0) is 63.0 Å². The minimum Gasteiger partial charge on any atom is -0.507 e. The zero-order valence-electron chi connectivity index (χ0n) is 19.1. The third-order valence-corrected chi connectivity index (χ3v) is 7.46. The molecule has 0 spiro atoms. The molecule has 34 heavy (non-hydrogen) atoms. The van der Waals surface area contributed by atoms with Crippen LogP contribution in [0.5, 0.6) is 5.75 Å². The van der Waals surface area contributed by atoms with Gasteiger partial charge in [0.25, 0.3) is 0 Å². The van der Waals surface area contributed by atoms with Crippen LogP contribution in [0.1, 0.15) is 37.3 Å². The number of para-hydroxylation sites is 1. The molecular weight excluding hydrogens is 428 g/mol. The fraction of sp³-hybridized carbons (Fsp3) is 0.440. The number of phenols is 1. The smallest absolute Gasteiger partial charge is 0.226 e. The van der Waals surface area contributed by atoms with Gasteiger partial charge in [-0.2, -0.15) is 0 Å². The van der Waals surface area contributed by atoms with Crippen LogP contribution in [0, 0.1) is 0 Å². The van der Waals surface area contributed by atoms with Crippen LogP contribution in [0.15, 0.2) is 42.6 Å². The summed E-state index contributed by atoms with van der Waals surface area (Å²) >= 11 is 0. The molecule has 176 valence electrons. The second-order valence-corrected chi connectivity index (χ2v) is 9.52. The highest BCUT2D eigenvalue weighted by Gasteiger charge is 2.42. The van der Waals surface area contributed by atoms with E-state index in [1.165, 1.54) is 5.69 Å². The van der Waals surface area contributed by atoms with Gasteiger partial charge in [0.1, 0.15) is 5.75 Å². The van der Waals surface area contributed by atoms with Gasteiger partial charge in [-0.15, -0.1) is 10.2 Å². The topological polar surface area (TPSA) is 116 Å². The Balaban J connectivity index is 1.25. The van der Waals surface area contributed by atoms with Gasteiger partial charge in [0.05, 0.1) is 11.4 Å². The maximum atomic E-state index is 10.3. The average Bonchev–Trinajstić information content (AvgIpc) is 3.14. The Labute approximate surface area is 199 Å². The van der Waals surface area contributed by atoms with Crippen molar-refractivity contribution in [2.75, 3.05) is 41.7 Å². The molecule has 3 aliphatic heterocycles. The van der Waals surface area contributed by atoms with Gasteiger partial charge < -0.3 is 26.0 Å². The third-order valence-electron chi connectivity index (χ3n) is 7.46. The highest BCUT2D eigenvalue weighted by molar-refractivity contribution is 5.74. The molecule has 1 unspecified atom stereocenters. The first-order chi connectivity index (χ1) is 16.7. The molecule has 3 aromatic rings. The number of phenolic OH excluding ortho intramolecular Hbond substituents is 1. The number of rotatable bonds is 4. The van der Waals surface area contributed by atoms with Crippen molar-refractivity contribution in [3.63, 3.8) is 0 Å². The fourth-order valence-corrected chi connectivity index (χ4v) is 5.72. The number of piperazine rings is 1. The van der Waals surface area contributed by atoms with Gasteiger partial charge >= 0.3 is 0 Å². The van der Waals surface area contributed by atoms with E-state index in [-0.39, 0.29) is 5.75 Å². The summed E-state index contributed by atoms with van der Waals surface area (Å²) in [6, 6.07) is 11.8. The minimum atomic E-state index is 0.184. The molecule has 4 N–H and O–H groups in total. The van der Waals surface area contributed by atoms with Gasteiger partial charge in [0.15, 0.2) is 5.82 Å². The Morgan fingerprint density at radius 1 is 0.971 bits per heavy atom. The summed E-state index contributed by atoms with van der Waals surface area (Å²) in [5.74, 6) is 1.97. The summed E-state index contributed by atoms with van der Waals surface area (Å²) in [6.45, 7) is 3.76. The maximum absolute atomic E-state index is 10.3. The van der Waals surface area contributed by atoms with Crippen LogP contribution in [0.2, 0.25) is 0 Å². The number of nitrogens with two attached hydrogens (primary N) is 1. The number of anilines is 3. The highest BCUT2D eigenvalue weighted by Crippen LogP contribution is 2.38. The summed E-state index contributed by atoms with van der Waals surface area (Å²) in [7, 11) is 0. The van der Waals surface area contributed by atoms with Crippen molar-refractivity contribution >= 4 is 17.5 Å². The first-order valence-corrected chi connectivity index (χ1v) is 12.2. The number of aromatic nitrogens is 4. The summed E-state index contributed by atoms with van der Waals surface area (Å²) in [5.41, 5.74) is 9.59. The predicted molar refractivity (Wildman–Crippen MR) is 132 cm³/mol. The van der Waals surface area contributed by atoms with Crippen LogP contribution in [-0.2, 0) is 0 Å². The second kappa shape index (κ2) is 8.72. The zero-order chi connectivity index (χ0) is 23.1. The van der Waals surface area contributed by atoms with Gasteiger partial charge in [0.2, 0.25) is 5.95 Å². The van der Waals surface area contributed by atoms with Crippen LogP contribution in [0.3, 0.4) is 0 Å². The number of nitrogens with one attached hydrogen (secondary N) is 1. The number of fused-ring (bicyclic) bond motifs is 2. The van der Waals surface area contributed by atoms with Crippen molar-refractivity contribution in [3.8, 4) is 17.0 Å². The molecule has 2 atom stereocenters. The molecule has 3 saturated heterocycles. The Morgan fingerprint density at radius 2 is 1.74 bits per heavy atom. The lowest BCUT2D eigenvalue weighted by molar-refractivity contribution is 0.451. The number of benzene rings is 1. The lowest BCUT2D eigenvalue weighted by Gasteiger charge is -2.42. The number of aromatic hydroxyl groups is 1. The van der Waals surface area contributed by atoms with Gasteiger partial charge in [-0.25, -0.2) is 9.97 Å². The van der Waals surface area contributed by atoms with E-state index in [1.54, 1.807) is 12.1 Å². The lowest BCUT2D eigenvalue weighted by Crippen LogP contribution is -2.54. The van der Waals surface area contributed by atoms with E-state index in [1.807, 2.05) is 24.4 Å². The van der Waals surface area contributed by atoms with Crippen LogP contribution in [0.25, 0.3) is 11.3 Å². The summed E-state index contributed by atoms with van der Waals surface area (Å²) < 4.78 is 0. The molecule has 0 saturated carbocycles. The van der Waals surface area contributed by atoms with E-state index in [9.17, 15) is 5.11 Å². The quantitative estimate of drug-likeness (QED) is 0.542. The largest absolute Gasteiger partial charge is 0.507 e. The van der Waals surface area contributed by atoms with Crippen LogP contribution < -0.4 is 20.9 Å². The van der Waals surface area contributed by atoms with Crippen molar-refractivity contribution < 1.29 is 5.11 Å². The number of piperidine rings is 1. The van der Waals surface area contributed by atoms with Crippen molar-refractivity contribution in [3.05, 3.63) is 48.3 Å². The molecule has 3 fully saturated rings. The molecule has 0 amide bonds. The first-order valence-electron chi connectivity index (χ1n) is 12.2. The number of hydrogen-bond donors (Lipinski definition) is 3. The van der Waals surface area contributed by atoms with Crippen molar-refractivity contribution in [2.45, 2.75) is 43.7 Å². The van der Waals surface area contributed by atoms with Gasteiger partial charge in [-0.3, -0.25) is 0 Å². The Morgan fingerprint density at radius 3 is 2.50 bits per heavy atom. The fourth-order valence-electron chi connectivity index (χ4n) is 5.72.